The Morgan fingerprint density at radius 1 is 1.67 bits per heavy atom. The summed E-state index contributed by atoms with van der Waals surface area (Å²) in [4.78, 5) is 11.2. The molecule has 2 rings (SSSR count). The summed E-state index contributed by atoms with van der Waals surface area (Å²) in [5.41, 5.74) is 5.31. The Kier molecular flexibility index (Phi) is 4.54. The van der Waals surface area contributed by atoms with Gasteiger partial charge in [0.15, 0.2) is 0 Å². The number of carbonyl (C=O) groups excluding carboxylic acids is 1. The van der Waals surface area contributed by atoms with Crippen LogP contribution in [0.1, 0.15) is 26.2 Å². The number of aromatic nitrogens is 4. The molecule has 1 heterocycles. The minimum absolute atomic E-state index is 0.272. The smallest absolute Gasteiger partial charge is 0.231 e. The second kappa shape index (κ2) is 6.14. The minimum atomic E-state index is -0.326. The van der Waals surface area contributed by atoms with Crippen molar-refractivity contribution in [2.75, 3.05) is 6.54 Å². The Morgan fingerprint density at radius 3 is 3.06 bits per heavy atom. The molecule has 0 radical (unpaired) electrons. The molecular weight excluding hydrogens is 252 g/mol. The first kappa shape index (κ1) is 13.3. The molecule has 1 aliphatic carbocycles. The normalized spacial score (nSPS) is 16.7. The number of tetrazole rings is 1. The summed E-state index contributed by atoms with van der Waals surface area (Å²) in [6, 6.07) is 0.673. The van der Waals surface area contributed by atoms with Crippen molar-refractivity contribution in [1.82, 2.24) is 25.5 Å². The maximum Gasteiger partial charge on any atom is 0.231 e. The number of amides is 1. The largest absolute Gasteiger partial charge is 0.369 e. The molecule has 0 bridgehead atoms. The van der Waals surface area contributed by atoms with Crippen LogP contribution in [0.2, 0.25) is 0 Å². The standard InChI is InChI=1S/C10H18N6OS/c1-2-8(9(11)17)18-10-13-14-15-16(10)6-5-12-7-3-4-7/h7-8,12H,2-6H2,1H3,(H2,11,17). The number of nitrogens with two attached hydrogens (primary N) is 1. The molecule has 1 atom stereocenters. The molecule has 8 heteroatoms. The van der Waals surface area contributed by atoms with Gasteiger partial charge in [0.05, 0.1) is 11.8 Å². The monoisotopic (exact) mass is 270 g/mol. The average molecular weight is 270 g/mol. The first-order valence-corrected chi connectivity index (χ1v) is 7.04. The van der Waals surface area contributed by atoms with E-state index >= 15 is 0 Å². The van der Waals surface area contributed by atoms with E-state index in [2.05, 4.69) is 20.8 Å². The summed E-state index contributed by atoms with van der Waals surface area (Å²) >= 11 is 1.33. The van der Waals surface area contributed by atoms with Gasteiger partial charge in [-0.3, -0.25) is 4.79 Å². The highest BCUT2D eigenvalue weighted by Crippen LogP contribution is 2.22. The van der Waals surface area contributed by atoms with Gasteiger partial charge in [-0.25, -0.2) is 4.68 Å². The van der Waals surface area contributed by atoms with Crippen LogP contribution >= 0.6 is 11.8 Å². The van der Waals surface area contributed by atoms with E-state index in [0.29, 0.717) is 24.2 Å². The summed E-state index contributed by atoms with van der Waals surface area (Å²) in [7, 11) is 0. The Balaban J connectivity index is 1.86. The number of carbonyl (C=O) groups is 1. The molecule has 1 saturated carbocycles. The minimum Gasteiger partial charge on any atom is -0.369 e. The van der Waals surface area contributed by atoms with Gasteiger partial charge in [-0.05, 0) is 29.7 Å². The summed E-state index contributed by atoms with van der Waals surface area (Å²) in [6.45, 7) is 3.48. The van der Waals surface area contributed by atoms with E-state index in [9.17, 15) is 4.79 Å². The summed E-state index contributed by atoms with van der Waals surface area (Å²) in [5.74, 6) is -0.326. The van der Waals surface area contributed by atoms with Crippen LogP contribution in [0.5, 0.6) is 0 Å². The van der Waals surface area contributed by atoms with Crippen molar-refractivity contribution in [2.24, 2.45) is 5.73 Å². The van der Waals surface area contributed by atoms with Gasteiger partial charge in [0.25, 0.3) is 0 Å². The van der Waals surface area contributed by atoms with Crippen LogP contribution in [-0.4, -0.2) is 44.0 Å². The maximum absolute atomic E-state index is 11.2. The van der Waals surface area contributed by atoms with Gasteiger partial charge >= 0.3 is 0 Å². The van der Waals surface area contributed by atoms with Gasteiger partial charge in [-0.15, -0.1) is 5.10 Å². The van der Waals surface area contributed by atoms with Gasteiger partial charge < -0.3 is 11.1 Å². The van der Waals surface area contributed by atoms with Crippen LogP contribution < -0.4 is 11.1 Å². The van der Waals surface area contributed by atoms with E-state index in [-0.39, 0.29) is 11.2 Å². The number of hydrogen-bond acceptors (Lipinski definition) is 6. The lowest BCUT2D eigenvalue weighted by atomic mass is 10.3. The molecule has 1 aromatic heterocycles. The molecule has 0 aromatic carbocycles. The van der Waals surface area contributed by atoms with Crippen LogP contribution in [0.4, 0.5) is 0 Å². The third-order valence-corrected chi connectivity index (χ3v) is 4.12. The first-order chi connectivity index (χ1) is 8.70. The lowest BCUT2D eigenvalue weighted by Gasteiger charge is -2.10. The third-order valence-electron chi connectivity index (χ3n) is 2.77. The topological polar surface area (TPSA) is 98.7 Å². The molecule has 7 nitrogen and oxygen atoms in total. The fourth-order valence-corrected chi connectivity index (χ4v) is 2.42. The van der Waals surface area contributed by atoms with E-state index in [4.69, 9.17) is 5.73 Å². The Morgan fingerprint density at radius 2 is 2.44 bits per heavy atom. The van der Waals surface area contributed by atoms with Crippen molar-refractivity contribution >= 4 is 17.7 Å². The zero-order valence-corrected chi connectivity index (χ0v) is 11.2. The summed E-state index contributed by atoms with van der Waals surface area (Å²) < 4.78 is 1.71. The number of nitrogens with one attached hydrogen (secondary N) is 1. The van der Waals surface area contributed by atoms with Gasteiger partial charge in [0.1, 0.15) is 0 Å². The number of nitrogens with zero attached hydrogens (tertiary/aromatic N) is 4. The van der Waals surface area contributed by atoms with Crippen molar-refractivity contribution in [3.63, 3.8) is 0 Å². The molecule has 3 N–H and O–H groups in total. The van der Waals surface area contributed by atoms with Gasteiger partial charge in [-0.1, -0.05) is 18.7 Å². The molecule has 18 heavy (non-hydrogen) atoms. The molecule has 1 unspecified atom stereocenters. The molecule has 1 aromatic rings. The maximum atomic E-state index is 11.2. The second-order valence-electron chi connectivity index (χ2n) is 4.33. The molecule has 0 spiro atoms. The molecule has 100 valence electrons. The second-order valence-corrected chi connectivity index (χ2v) is 5.50. The fraction of sp³-hybridized carbons (Fsp3) is 0.800. The SMILES string of the molecule is CCC(Sc1nnnn1CCNC1CC1)C(N)=O. The Labute approximate surface area is 110 Å². The zero-order chi connectivity index (χ0) is 13.0. The number of hydrogen-bond donors (Lipinski definition) is 2. The lowest BCUT2D eigenvalue weighted by Crippen LogP contribution is -2.26. The predicted octanol–water partition coefficient (Wildman–Crippen LogP) is -0.219. The molecule has 1 aliphatic rings. The van der Waals surface area contributed by atoms with Crippen LogP contribution in [0.3, 0.4) is 0 Å². The molecule has 0 aliphatic heterocycles. The van der Waals surface area contributed by atoms with Crippen LogP contribution in [-0.2, 0) is 11.3 Å². The first-order valence-electron chi connectivity index (χ1n) is 6.16. The third kappa shape index (κ3) is 3.67. The van der Waals surface area contributed by atoms with Crippen molar-refractivity contribution in [3.8, 4) is 0 Å². The number of rotatable bonds is 8. The van der Waals surface area contributed by atoms with E-state index in [1.54, 1.807) is 4.68 Å². The van der Waals surface area contributed by atoms with Gasteiger partial charge in [0, 0.05) is 12.6 Å². The van der Waals surface area contributed by atoms with E-state index in [0.717, 1.165) is 6.54 Å². The van der Waals surface area contributed by atoms with Gasteiger partial charge in [-0.2, -0.15) is 0 Å². The lowest BCUT2D eigenvalue weighted by molar-refractivity contribution is -0.117. The predicted molar refractivity (Wildman–Crippen MR) is 68.0 cm³/mol. The van der Waals surface area contributed by atoms with E-state index in [1.807, 2.05) is 6.92 Å². The van der Waals surface area contributed by atoms with Crippen LogP contribution in [0.15, 0.2) is 5.16 Å². The van der Waals surface area contributed by atoms with Crippen molar-refractivity contribution < 1.29 is 4.79 Å². The van der Waals surface area contributed by atoms with Gasteiger partial charge in [0.2, 0.25) is 11.1 Å². The molecular formula is C10H18N6OS. The number of primary amides is 1. The molecule has 1 amide bonds. The number of thioether (sulfide) groups is 1. The van der Waals surface area contributed by atoms with E-state index < -0.39 is 0 Å². The Hall–Kier alpha value is -1.15. The molecule has 0 saturated heterocycles. The van der Waals surface area contributed by atoms with Crippen molar-refractivity contribution in [1.29, 1.82) is 0 Å². The Bertz CT molecular complexity index is 405. The fourth-order valence-electron chi connectivity index (χ4n) is 1.55. The quantitative estimate of drug-likeness (QED) is 0.634. The van der Waals surface area contributed by atoms with Crippen LogP contribution in [0, 0.1) is 0 Å². The summed E-state index contributed by atoms with van der Waals surface area (Å²) in [6.07, 6.45) is 3.20. The van der Waals surface area contributed by atoms with Crippen LogP contribution in [0.25, 0.3) is 0 Å². The molecule has 1 fully saturated rings. The van der Waals surface area contributed by atoms with Crippen molar-refractivity contribution in [3.05, 3.63) is 0 Å². The highest BCUT2D eigenvalue weighted by Gasteiger charge is 2.21. The van der Waals surface area contributed by atoms with Crippen molar-refractivity contribution in [2.45, 2.75) is 49.2 Å². The van der Waals surface area contributed by atoms with E-state index in [1.165, 1.54) is 24.6 Å². The summed E-state index contributed by atoms with van der Waals surface area (Å²) in [5, 5.41) is 15.3. The zero-order valence-electron chi connectivity index (χ0n) is 10.4. The highest BCUT2D eigenvalue weighted by atomic mass is 32.2. The average Bonchev–Trinajstić information content (AvgIpc) is 3.05. The highest BCUT2D eigenvalue weighted by molar-refractivity contribution is 8.00.